The third kappa shape index (κ3) is 3.40. The number of nitrogens with zero attached hydrogens (tertiary/aromatic N) is 1. The number of carboxylic acid groups (broad SMARTS) is 1. The number of likely N-dealkylation sites (tertiary alicyclic amines) is 1. The second-order valence-corrected chi connectivity index (χ2v) is 7.58. The molecule has 1 aromatic rings. The molecule has 0 bridgehead atoms. The fourth-order valence-electron chi connectivity index (χ4n) is 3.92. The van der Waals surface area contributed by atoms with E-state index in [0.29, 0.717) is 29.4 Å². The Kier molecular flexibility index (Phi) is 4.82. The van der Waals surface area contributed by atoms with E-state index in [4.69, 9.17) is 16.3 Å². The van der Waals surface area contributed by atoms with Gasteiger partial charge in [0.15, 0.2) is 0 Å². The third-order valence-electron chi connectivity index (χ3n) is 5.13. The molecule has 1 heterocycles. The van der Waals surface area contributed by atoms with Crippen LogP contribution in [-0.2, 0) is 4.79 Å². The molecule has 0 spiro atoms. The normalized spacial score (nSPS) is 25.1. The molecule has 1 saturated carbocycles. The SMILES string of the molecule is CC(C)Oc1ccc(NC(=O)N2C[C@@H]3CCC[C@@]3(C(=O)O)C2)cc1Cl. The average Bonchev–Trinajstić information content (AvgIpc) is 3.07. The van der Waals surface area contributed by atoms with Crippen molar-refractivity contribution >= 4 is 29.3 Å². The highest BCUT2D eigenvalue weighted by atomic mass is 35.5. The third-order valence-corrected chi connectivity index (χ3v) is 5.43. The number of benzene rings is 1. The lowest BCUT2D eigenvalue weighted by molar-refractivity contribution is -0.149. The van der Waals surface area contributed by atoms with Crippen molar-refractivity contribution in [3.8, 4) is 5.75 Å². The molecule has 2 aliphatic rings. The number of halogens is 1. The van der Waals surface area contributed by atoms with Gasteiger partial charge in [-0.25, -0.2) is 4.79 Å². The minimum absolute atomic E-state index is 0.00848. The van der Waals surface area contributed by atoms with E-state index in [2.05, 4.69) is 5.32 Å². The summed E-state index contributed by atoms with van der Waals surface area (Å²) in [4.78, 5) is 25.8. The van der Waals surface area contributed by atoms with Crippen LogP contribution >= 0.6 is 11.6 Å². The minimum atomic E-state index is -0.788. The van der Waals surface area contributed by atoms with Crippen molar-refractivity contribution in [3.63, 3.8) is 0 Å². The average molecular weight is 367 g/mol. The van der Waals surface area contributed by atoms with Crippen molar-refractivity contribution in [2.45, 2.75) is 39.2 Å². The Morgan fingerprint density at radius 3 is 2.80 bits per heavy atom. The number of nitrogens with one attached hydrogen (secondary N) is 1. The monoisotopic (exact) mass is 366 g/mol. The van der Waals surface area contributed by atoms with Crippen molar-refractivity contribution in [3.05, 3.63) is 23.2 Å². The largest absolute Gasteiger partial charge is 0.489 e. The lowest BCUT2D eigenvalue weighted by Gasteiger charge is -2.23. The van der Waals surface area contributed by atoms with Crippen LogP contribution in [-0.4, -0.2) is 41.2 Å². The predicted octanol–water partition coefficient (Wildman–Crippen LogP) is 3.85. The summed E-state index contributed by atoms with van der Waals surface area (Å²) in [5, 5.41) is 12.8. The number of carbonyl (C=O) groups excluding carboxylic acids is 1. The molecule has 1 aliphatic heterocycles. The molecule has 2 amide bonds. The molecule has 0 radical (unpaired) electrons. The molecule has 136 valence electrons. The van der Waals surface area contributed by atoms with E-state index in [-0.39, 0.29) is 24.6 Å². The summed E-state index contributed by atoms with van der Waals surface area (Å²) in [6, 6.07) is 4.80. The van der Waals surface area contributed by atoms with Gasteiger partial charge >= 0.3 is 12.0 Å². The fraction of sp³-hybridized carbons (Fsp3) is 0.556. The number of amides is 2. The number of ether oxygens (including phenoxy) is 1. The van der Waals surface area contributed by atoms with E-state index < -0.39 is 11.4 Å². The van der Waals surface area contributed by atoms with Gasteiger partial charge in [0, 0.05) is 18.8 Å². The highest BCUT2D eigenvalue weighted by Gasteiger charge is 2.55. The zero-order valence-corrected chi connectivity index (χ0v) is 15.2. The van der Waals surface area contributed by atoms with Gasteiger partial charge in [0.05, 0.1) is 16.5 Å². The number of aliphatic carboxylic acids is 1. The zero-order chi connectivity index (χ0) is 18.2. The summed E-state index contributed by atoms with van der Waals surface area (Å²) < 4.78 is 5.57. The van der Waals surface area contributed by atoms with E-state index in [1.54, 1.807) is 23.1 Å². The highest BCUT2D eigenvalue weighted by molar-refractivity contribution is 6.32. The first-order valence-electron chi connectivity index (χ1n) is 8.57. The standard InChI is InChI=1S/C18H23ClN2O4/c1-11(2)25-15-6-5-13(8-14(15)19)20-17(24)21-9-12-4-3-7-18(12,10-21)16(22)23/h5-6,8,11-12H,3-4,7,9-10H2,1-2H3,(H,20,24)(H,22,23)/t12-,18+/m0/s1. The Balaban J connectivity index is 1.67. The summed E-state index contributed by atoms with van der Waals surface area (Å²) in [7, 11) is 0. The van der Waals surface area contributed by atoms with Gasteiger partial charge in [-0.2, -0.15) is 0 Å². The number of urea groups is 1. The maximum absolute atomic E-state index is 12.5. The van der Waals surface area contributed by atoms with Gasteiger partial charge in [0.2, 0.25) is 0 Å². The molecular weight excluding hydrogens is 344 g/mol. The fourth-order valence-corrected chi connectivity index (χ4v) is 4.15. The van der Waals surface area contributed by atoms with E-state index in [1.807, 2.05) is 13.8 Å². The van der Waals surface area contributed by atoms with E-state index in [9.17, 15) is 14.7 Å². The number of hydrogen-bond acceptors (Lipinski definition) is 3. The van der Waals surface area contributed by atoms with Crippen molar-refractivity contribution < 1.29 is 19.4 Å². The summed E-state index contributed by atoms with van der Waals surface area (Å²) in [6.07, 6.45) is 2.43. The molecule has 0 aromatic heterocycles. The van der Waals surface area contributed by atoms with Crippen molar-refractivity contribution in [1.29, 1.82) is 0 Å². The summed E-state index contributed by atoms with van der Waals surface area (Å²) in [6.45, 7) is 4.57. The lowest BCUT2D eigenvalue weighted by Crippen LogP contribution is -2.38. The van der Waals surface area contributed by atoms with Crippen LogP contribution in [0.25, 0.3) is 0 Å². The molecule has 2 fully saturated rings. The Hall–Kier alpha value is -1.95. The van der Waals surface area contributed by atoms with Crippen LogP contribution in [0.2, 0.25) is 5.02 Å². The topological polar surface area (TPSA) is 78.9 Å². The second kappa shape index (κ2) is 6.75. The van der Waals surface area contributed by atoms with E-state index in [0.717, 1.165) is 12.8 Å². The number of hydrogen-bond donors (Lipinski definition) is 2. The molecule has 0 unspecified atom stereocenters. The number of rotatable bonds is 4. The first-order chi connectivity index (χ1) is 11.8. The maximum Gasteiger partial charge on any atom is 0.321 e. The molecule has 1 aromatic carbocycles. The van der Waals surface area contributed by atoms with Gasteiger partial charge in [0.1, 0.15) is 5.75 Å². The Morgan fingerprint density at radius 1 is 1.44 bits per heavy atom. The minimum Gasteiger partial charge on any atom is -0.489 e. The quantitative estimate of drug-likeness (QED) is 0.848. The van der Waals surface area contributed by atoms with Gasteiger partial charge in [-0.3, -0.25) is 4.79 Å². The van der Waals surface area contributed by atoms with Crippen LogP contribution < -0.4 is 10.1 Å². The van der Waals surface area contributed by atoms with Crippen molar-refractivity contribution in [2.75, 3.05) is 18.4 Å². The number of fused-ring (bicyclic) bond motifs is 1. The summed E-state index contributed by atoms with van der Waals surface area (Å²) >= 11 is 6.19. The van der Waals surface area contributed by atoms with Crippen LogP contribution in [0.15, 0.2) is 18.2 Å². The molecule has 7 heteroatoms. The molecule has 2 N–H and O–H groups in total. The van der Waals surface area contributed by atoms with E-state index >= 15 is 0 Å². The van der Waals surface area contributed by atoms with Gasteiger partial charge in [-0.05, 0) is 50.8 Å². The molecule has 6 nitrogen and oxygen atoms in total. The summed E-state index contributed by atoms with van der Waals surface area (Å²) in [5.41, 5.74) is -0.211. The number of carboxylic acids is 1. The van der Waals surface area contributed by atoms with Gasteiger partial charge < -0.3 is 20.1 Å². The molecule has 3 rings (SSSR count). The first-order valence-corrected chi connectivity index (χ1v) is 8.95. The van der Waals surface area contributed by atoms with E-state index in [1.165, 1.54) is 0 Å². The number of carbonyl (C=O) groups is 2. The zero-order valence-electron chi connectivity index (χ0n) is 14.4. The second-order valence-electron chi connectivity index (χ2n) is 7.17. The molecule has 1 aliphatic carbocycles. The number of anilines is 1. The predicted molar refractivity (Wildman–Crippen MR) is 95.2 cm³/mol. The van der Waals surface area contributed by atoms with Crippen LogP contribution in [0, 0.1) is 11.3 Å². The first kappa shape index (κ1) is 17.9. The van der Waals surface area contributed by atoms with Crippen LogP contribution in [0.3, 0.4) is 0 Å². The Bertz CT molecular complexity index is 694. The Labute approximate surface area is 152 Å². The maximum atomic E-state index is 12.5. The van der Waals surface area contributed by atoms with Crippen molar-refractivity contribution in [2.24, 2.45) is 11.3 Å². The molecule has 2 atom stereocenters. The van der Waals surface area contributed by atoms with Gasteiger partial charge in [-0.15, -0.1) is 0 Å². The van der Waals surface area contributed by atoms with Gasteiger partial charge in [-0.1, -0.05) is 18.0 Å². The van der Waals surface area contributed by atoms with Crippen LogP contribution in [0.1, 0.15) is 33.1 Å². The van der Waals surface area contributed by atoms with Crippen LogP contribution in [0.5, 0.6) is 5.75 Å². The Morgan fingerprint density at radius 2 is 2.20 bits per heavy atom. The summed E-state index contributed by atoms with van der Waals surface area (Å²) in [5.74, 6) is -0.181. The molecule has 1 saturated heterocycles. The van der Waals surface area contributed by atoms with Crippen LogP contribution in [0.4, 0.5) is 10.5 Å². The van der Waals surface area contributed by atoms with Gasteiger partial charge in [0.25, 0.3) is 0 Å². The molecule has 25 heavy (non-hydrogen) atoms. The smallest absolute Gasteiger partial charge is 0.321 e. The van der Waals surface area contributed by atoms with Crippen molar-refractivity contribution in [1.82, 2.24) is 4.90 Å². The molecular formula is C18H23ClN2O4. The lowest BCUT2D eigenvalue weighted by atomic mass is 9.81. The highest BCUT2D eigenvalue weighted by Crippen LogP contribution is 2.49.